The van der Waals surface area contributed by atoms with Gasteiger partial charge < -0.3 is 10.1 Å². The minimum atomic E-state index is 0.336. The molecule has 1 aromatic rings. The molecule has 0 spiro atoms. The van der Waals surface area contributed by atoms with Gasteiger partial charge in [-0.1, -0.05) is 39.8 Å². The third kappa shape index (κ3) is 6.63. The lowest BCUT2D eigenvalue weighted by atomic mass is 9.86. The minimum Gasteiger partial charge on any atom is -0.494 e. The van der Waals surface area contributed by atoms with E-state index in [0.717, 1.165) is 25.3 Å². The molecule has 0 aliphatic heterocycles. The van der Waals surface area contributed by atoms with E-state index in [4.69, 9.17) is 4.74 Å². The Balaban J connectivity index is 2.42. The molecule has 0 fully saturated rings. The van der Waals surface area contributed by atoms with Crippen LogP contribution < -0.4 is 10.1 Å². The summed E-state index contributed by atoms with van der Waals surface area (Å²) in [5.74, 6) is 0.965. The smallest absolute Gasteiger partial charge is 0.119 e. The highest BCUT2D eigenvalue weighted by Crippen LogP contribution is 2.23. The minimum absolute atomic E-state index is 0.336. The summed E-state index contributed by atoms with van der Waals surface area (Å²) in [4.78, 5) is 0. The summed E-state index contributed by atoms with van der Waals surface area (Å²) in [5, 5.41) is 3.53. The first kappa shape index (κ1) is 16.0. The number of hydrogen-bond acceptors (Lipinski definition) is 2. The summed E-state index contributed by atoms with van der Waals surface area (Å²) >= 11 is 0. The molecule has 0 atom stereocenters. The Kier molecular flexibility index (Phi) is 6.36. The number of ether oxygens (including phenoxy) is 1. The molecule has 0 aromatic heterocycles. The van der Waals surface area contributed by atoms with E-state index in [0.29, 0.717) is 11.5 Å². The van der Waals surface area contributed by atoms with E-state index in [1.54, 1.807) is 0 Å². The highest BCUT2D eigenvalue weighted by molar-refractivity contribution is 5.27. The average molecular weight is 263 g/mol. The van der Waals surface area contributed by atoms with Gasteiger partial charge in [-0.15, -0.1) is 0 Å². The summed E-state index contributed by atoms with van der Waals surface area (Å²) in [5.41, 5.74) is 1.73. The average Bonchev–Trinajstić information content (AvgIpc) is 2.36. The molecule has 0 radical (unpaired) electrons. The van der Waals surface area contributed by atoms with Crippen LogP contribution in [-0.4, -0.2) is 19.2 Å². The van der Waals surface area contributed by atoms with Crippen molar-refractivity contribution in [1.29, 1.82) is 0 Å². The molecule has 0 bridgehead atoms. The Morgan fingerprint density at radius 1 is 1.16 bits per heavy atom. The van der Waals surface area contributed by atoms with E-state index in [1.807, 2.05) is 6.92 Å². The number of nitrogens with one attached hydrogen (secondary N) is 1. The predicted molar refractivity (Wildman–Crippen MR) is 82.9 cm³/mol. The molecule has 0 heterocycles. The summed E-state index contributed by atoms with van der Waals surface area (Å²) in [7, 11) is 0. The van der Waals surface area contributed by atoms with Crippen LogP contribution in [0.1, 0.15) is 46.6 Å². The Labute approximate surface area is 118 Å². The fourth-order valence-corrected chi connectivity index (χ4v) is 1.97. The number of rotatable bonds is 8. The van der Waals surface area contributed by atoms with E-state index in [1.165, 1.54) is 12.0 Å². The lowest BCUT2D eigenvalue weighted by molar-refractivity contribution is 0.304. The van der Waals surface area contributed by atoms with Crippen molar-refractivity contribution in [1.82, 2.24) is 5.32 Å². The van der Waals surface area contributed by atoms with E-state index in [-0.39, 0.29) is 0 Å². The maximum atomic E-state index is 5.46. The molecule has 108 valence electrons. The Hall–Kier alpha value is -1.02. The monoisotopic (exact) mass is 263 g/mol. The van der Waals surface area contributed by atoms with Gasteiger partial charge in [-0.25, -0.2) is 0 Å². The normalized spacial score (nSPS) is 11.9. The van der Waals surface area contributed by atoms with Crippen LogP contribution in [0.4, 0.5) is 0 Å². The first-order chi connectivity index (χ1) is 8.93. The van der Waals surface area contributed by atoms with Crippen LogP contribution in [0.25, 0.3) is 0 Å². The lowest BCUT2D eigenvalue weighted by Gasteiger charge is -2.26. The standard InChI is InChI=1S/C17H29NO/c1-6-19-16-9-7-15(8-10-16)11-12-17(4,5)13-18-14(2)3/h7-10,14,18H,6,11-13H2,1-5H3. The summed E-state index contributed by atoms with van der Waals surface area (Å²) in [6, 6.07) is 9.05. The number of hydrogen-bond donors (Lipinski definition) is 1. The van der Waals surface area contributed by atoms with E-state index in [2.05, 4.69) is 57.3 Å². The largest absolute Gasteiger partial charge is 0.494 e. The van der Waals surface area contributed by atoms with Gasteiger partial charge >= 0.3 is 0 Å². The fraction of sp³-hybridized carbons (Fsp3) is 0.647. The van der Waals surface area contributed by atoms with E-state index >= 15 is 0 Å². The fourth-order valence-electron chi connectivity index (χ4n) is 1.97. The zero-order valence-electron chi connectivity index (χ0n) is 13.1. The maximum absolute atomic E-state index is 5.46. The molecule has 0 aliphatic rings. The van der Waals surface area contributed by atoms with Gasteiger partial charge in [0.25, 0.3) is 0 Å². The molecule has 19 heavy (non-hydrogen) atoms. The summed E-state index contributed by atoms with van der Waals surface area (Å²) in [6.07, 6.45) is 2.32. The van der Waals surface area contributed by atoms with E-state index in [9.17, 15) is 0 Å². The van der Waals surface area contributed by atoms with Crippen molar-refractivity contribution in [2.75, 3.05) is 13.2 Å². The van der Waals surface area contributed by atoms with Gasteiger partial charge in [-0.2, -0.15) is 0 Å². The first-order valence-electron chi connectivity index (χ1n) is 7.38. The van der Waals surface area contributed by atoms with Crippen molar-refractivity contribution in [2.24, 2.45) is 5.41 Å². The number of aryl methyl sites for hydroxylation is 1. The predicted octanol–water partition coefficient (Wildman–Crippen LogP) is 4.04. The second-order valence-electron chi connectivity index (χ2n) is 6.28. The molecule has 0 saturated carbocycles. The van der Waals surface area contributed by atoms with Gasteiger partial charge in [0.05, 0.1) is 6.61 Å². The van der Waals surface area contributed by atoms with Crippen molar-refractivity contribution in [3.8, 4) is 5.75 Å². The Bertz CT molecular complexity index is 354. The summed E-state index contributed by atoms with van der Waals surface area (Å²) < 4.78 is 5.46. The van der Waals surface area contributed by atoms with Crippen LogP contribution in [-0.2, 0) is 6.42 Å². The Morgan fingerprint density at radius 3 is 2.32 bits per heavy atom. The SMILES string of the molecule is CCOc1ccc(CCC(C)(C)CNC(C)C)cc1. The zero-order valence-corrected chi connectivity index (χ0v) is 13.1. The van der Waals surface area contributed by atoms with Crippen LogP contribution in [0.15, 0.2) is 24.3 Å². The zero-order chi connectivity index (χ0) is 14.3. The van der Waals surface area contributed by atoms with Crippen LogP contribution in [0, 0.1) is 5.41 Å². The highest BCUT2D eigenvalue weighted by atomic mass is 16.5. The van der Waals surface area contributed by atoms with Crippen molar-refractivity contribution < 1.29 is 4.74 Å². The van der Waals surface area contributed by atoms with Gasteiger partial charge in [0.1, 0.15) is 5.75 Å². The van der Waals surface area contributed by atoms with Crippen molar-refractivity contribution in [3.05, 3.63) is 29.8 Å². The molecule has 0 unspecified atom stereocenters. The van der Waals surface area contributed by atoms with Crippen molar-refractivity contribution in [3.63, 3.8) is 0 Å². The molecular weight excluding hydrogens is 234 g/mol. The molecule has 1 aromatic carbocycles. The van der Waals surface area contributed by atoms with Gasteiger partial charge in [0, 0.05) is 12.6 Å². The number of benzene rings is 1. The topological polar surface area (TPSA) is 21.3 Å². The van der Waals surface area contributed by atoms with Crippen molar-refractivity contribution in [2.45, 2.75) is 53.5 Å². The highest BCUT2D eigenvalue weighted by Gasteiger charge is 2.17. The molecule has 1 N–H and O–H groups in total. The van der Waals surface area contributed by atoms with Gasteiger partial charge in [0.15, 0.2) is 0 Å². The van der Waals surface area contributed by atoms with Crippen LogP contribution >= 0.6 is 0 Å². The second-order valence-corrected chi connectivity index (χ2v) is 6.28. The first-order valence-corrected chi connectivity index (χ1v) is 7.38. The van der Waals surface area contributed by atoms with Crippen molar-refractivity contribution >= 4 is 0 Å². The molecule has 0 aliphatic carbocycles. The Morgan fingerprint density at radius 2 is 1.79 bits per heavy atom. The second kappa shape index (κ2) is 7.54. The quantitative estimate of drug-likeness (QED) is 0.764. The molecule has 1 rings (SSSR count). The molecule has 0 amide bonds. The third-order valence-corrected chi connectivity index (χ3v) is 3.31. The third-order valence-electron chi connectivity index (χ3n) is 3.31. The van der Waals surface area contributed by atoms with Crippen LogP contribution in [0.5, 0.6) is 5.75 Å². The molecular formula is C17H29NO. The van der Waals surface area contributed by atoms with E-state index < -0.39 is 0 Å². The molecule has 2 heteroatoms. The van der Waals surface area contributed by atoms with Crippen LogP contribution in [0.2, 0.25) is 0 Å². The molecule has 0 saturated heterocycles. The lowest BCUT2D eigenvalue weighted by Crippen LogP contribution is -2.34. The maximum Gasteiger partial charge on any atom is 0.119 e. The summed E-state index contributed by atoms with van der Waals surface area (Å²) in [6.45, 7) is 12.9. The van der Waals surface area contributed by atoms with Gasteiger partial charge in [-0.3, -0.25) is 0 Å². The van der Waals surface area contributed by atoms with Crippen LogP contribution in [0.3, 0.4) is 0 Å². The van der Waals surface area contributed by atoms with Gasteiger partial charge in [0.2, 0.25) is 0 Å². The molecule has 2 nitrogen and oxygen atoms in total. The van der Waals surface area contributed by atoms with Gasteiger partial charge in [-0.05, 0) is 42.9 Å².